The SMILES string of the molecule is C1CC2CCC(C1)C2.CC. The van der Waals surface area contributed by atoms with Crippen LogP contribution in [0.4, 0.5) is 0 Å². The van der Waals surface area contributed by atoms with Crippen LogP contribution in [0.25, 0.3) is 0 Å². The summed E-state index contributed by atoms with van der Waals surface area (Å²) in [4.78, 5) is 0. The van der Waals surface area contributed by atoms with Gasteiger partial charge in [0.05, 0.1) is 0 Å². The maximum atomic E-state index is 2.00. The zero-order valence-corrected chi connectivity index (χ0v) is 7.40. The summed E-state index contributed by atoms with van der Waals surface area (Å²) in [5, 5.41) is 0. The van der Waals surface area contributed by atoms with Gasteiger partial charge in [0.15, 0.2) is 0 Å². The zero-order chi connectivity index (χ0) is 7.40. The molecule has 0 heterocycles. The molecule has 10 heavy (non-hydrogen) atoms. The summed E-state index contributed by atoms with van der Waals surface area (Å²) >= 11 is 0. The average Bonchev–Trinajstić information content (AvgIpc) is 2.35. The summed E-state index contributed by atoms with van der Waals surface area (Å²) in [5.74, 6) is 2.32. The van der Waals surface area contributed by atoms with Crippen LogP contribution in [0, 0.1) is 11.8 Å². The van der Waals surface area contributed by atoms with Gasteiger partial charge in [0.25, 0.3) is 0 Å². The lowest BCUT2D eigenvalue weighted by atomic mass is 9.89. The van der Waals surface area contributed by atoms with Gasteiger partial charge < -0.3 is 0 Å². The Hall–Kier alpha value is 0. The van der Waals surface area contributed by atoms with Crippen molar-refractivity contribution >= 4 is 0 Å². The van der Waals surface area contributed by atoms with E-state index in [-0.39, 0.29) is 0 Å². The molecule has 0 saturated heterocycles. The molecule has 2 aliphatic carbocycles. The van der Waals surface area contributed by atoms with Crippen molar-refractivity contribution in [2.24, 2.45) is 11.8 Å². The van der Waals surface area contributed by atoms with Crippen LogP contribution >= 0.6 is 0 Å². The van der Waals surface area contributed by atoms with Gasteiger partial charge in [-0.2, -0.15) is 0 Å². The van der Waals surface area contributed by atoms with Gasteiger partial charge in [-0.15, -0.1) is 0 Å². The van der Waals surface area contributed by atoms with Crippen molar-refractivity contribution in [3.63, 3.8) is 0 Å². The summed E-state index contributed by atoms with van der Waals surface area (Å²) in [6.07, 6.45) is 9.34. The lowest BCUT2D eigenvalue weighted by molar-refractivity contribution is 0.359. The molecular weight excluding hydrogens is 120 g/mol. The van der Waals surface area contributed by atoms with Crippen LogP contribution in [0.2, 0.25) is 0 Å². The predicted octanol–water partition coefficient (Wildman–Crippen LogP) is 3.61. The molecule has 2 atom stereocenters. The Morgan fingerprint density at radius 1 is 0.800 bits per heavy atom. The summed E-state index contributed by atoms with van der Waals surface area (Å²) in [5.41, 5.74) is 0. The minimum Gasteiger partial charge on any atom is -0.0683 e. The molecule has 0 N–H and O–H groups in total. The molecule has 2 saturated carbocycles. The highest BCUT2D eigenvalue weighted by atomic mass is 14.3. The lowest BCUT2D eigenvalue weighted by Crippen LogP contribution is -2.03. The first-order chi connectivity index (χ1) is 4.95. The smallest absolute Gasteiger partial charge is 0.0412 e. The van der Waals surface area contributed by atoms with Crippen molar-refractivity contribution in [1.82, 2.24) is 0 Å². The zero-order valence-electron chi connectivity index (χ0n) is 7.40. The topological polar surface area (TPSA) is 0 Å². The Balaban J connectivity index is 0.000000231. The molecule has 2 unspecified atom stereocenters. The predicted molar refractivity (Wildman–Crippen MR) is 46.0 cm³/mol. The lowest BCUT2D eigenvalue weighted by Gasteiger charge is -2.16. The van der Waals surface area contributed by atoms with E-state index < -0.39 is 0 Å². The highest BCUT2D eigenvalue weighted by molar-refractivity contribution is 4.80. The first kappa shape index (κ1) is 8.10. The Morgan fingerprint density at radius 3 is 1.70 bits per heavy atom. The summed E-state index contributed by atoms with van der Waals surface area (Å²) in [7, 11) is 0. The van der Waals surface area contributed by atoms with E-state index in [1.54, 1.807) is 32.1 Å². The van der Waals surface area contributed by atoms with Crippen LogP contribution < -0.4 is 0 Å². The van der Waals surface area contributed by atoms with Crippen molar-refractivity contribution in [2.75, 3.05) is 0 Å². The fourth-order valence-electron chi connectivity index (χ4n) is 2.40. The quantitative estimate of drug-likeness (QED) is 0.482. The number of fused-ring (bicyclic) bond motifs is 2. The average molecular weight is 140 g/mol. The fourth-order valence-corrected chi connectivity index (χ4v) is 2.40. The third-order valence-corrected chi connectivity index (χ3v) is 2.87. The second-order valence-corrected chi connectivity index (χ2v) is 3.48. The van der Waals surface area contributed by atoms with Gasteiger partial charge in [0.1, 0.15) is 0 Å². The highest BCUT2D eigenvalue weighted by Crippen LogP contribution is 2.41. The van der Waals surface area contributed by atoms with E-state index >= 15 is 0 Å². The molecule has 60 valence electrons. The van der Waals surface area contributed by atoms with Crippen molar-refractivity contribution in [3.05, 3.63) is 0 Å². The third-order valence-electron chi connectivity index (χ3n) is 2.87. The molecule has 0 amide bonds. The number of hydrogen-bond donors (Lipinski definition) is 0. The fraction of sp³-hybridized carbons (Fsp3) is 1.00. The highest BCUT2D eigenvalue weighted by Gasteiger charge is 2.27. The van der Waals surface area contributed by atoms with E-state index in [2.05, 4.69) is 0 Å². The second kappa shape index (κ2) is 4.00. The van der Waals surface area contributed by atoms with Crippen LogP contribution in [-0.2, 0) is 0 Å². The van der Waals surface area contributed by atoms with E-state index in [1.165, 1.54) is 6.42 Å². The van der Waals surface area contributed by atoms with Crippen LogP contribution in [0.15, 0.2) is 0 Å². The Bertz CT molecular complexity index is 72.0. The van der Waals surface area contributed by atoms with Gasteiger partial charge in [-0.25, -0.2) is 0 Å². The van der Waals surface area contributed by atoms with E-state index in [9.17, 15) is 0 Å². The molecular formula is C10H20. The number of rotatable bonds is 0. The van der Waals surface area contributed by atoms with Gasteiger partial charge in [0, 0.05) is 0 Å². The van der Waals surface area contributed by atoms with Crippen LogP contribution in [0.3, 0.4) is 0 Å². The van der Waals surface area contributed by atoms with Gasteiger partial charge in [-0.3, -0.25) is 0 Å². The largest absolute Gasteiger partial charge is 0.0683 e. The monoisotopic (exact) mass is 140 g/mol. The summed E-state index contributed by atoms with van der Waals surface area (Å²) in [6.45, 7) is 4.00. The van der Waals surface area contributed by atoms with Crippen LogP contribution in [-0.4, -0.2) is 0 Å². The Labute approximate surface area is 65.0 Å². The normalized spacial score (nSPS) is 36.6. The molecule has 2 fully saturated rings. The van der Waals surface area contributed by atoms with E-state index in [1.807, 2.05) is 13.8 Å². The van der Waals surface area contributed by atoms with Crippen molar-refractivity contribution in [2.45, 2.75) is 52.4 Å². The second-order valence-electron chi connectivity index (χ2n) is 3.48. The van der Waals surface area contributed by atoms with Crippen molar-refractivity contribution in [3.8, 4) is 0 Å². The summed E-state index contributed by atoms with van der Waals surface area (Å²) in [6, 6.07) is 0. The molecule has 0 heteroatoms. The Kier molecular flexibility index (Phi) is 3.24. The molecule has 0 aliphatic heterocycles. The molecule has 0 nitrogen and oxygen atoms in total. The van der Waals surface area contributed by atoms with Gasteiger partial charge >= 0.3 is 0 Å². The minimum absolute atomic E-state index is 1.16. The van der Waals surface area contributed by atoms with Crippen LogP contribution in [0.5, 0.6) is 0 Å². The molecule has 2 bridgehead atoms. The molecule has 2 aliphatic rings. The minimum atomic E-state index is 1.16. The Morgan fingerprint density at radius 2 is 1.30 bits per heavy atom. The third kappa shape index (κ3) is 1.74. The first-order valence-electron chi connectivity index (χ1n) is 4.95. The molecule has 0 aromatic rings. The maximum absolute atomic E-state index is 2.00. The summed E-state index contributed by atoms with van der Waals surface area (Å²) < 4.78 is 0. The number of hydrogen-bond acceptors (Lipinski definition) is 0. The van der Waals surface area contributed by atoms with Gasteiger partial charge in [0.2, 0.25) is 0 Å². The van der Waals surface area contributed by atoms with E-state index in [0.717, 1.165) is 11.8 Å². The molecule has 0 aromatic heterocycles. The van der Waals surface area contributed by atoms with Gasteiger partial charge in [-0.05, 0) is 18.3 Å². The molecule has 2 rings (SSSR count). The molecule has 0 aromatic carbocycles. The van der Waals surface area contributed by atoms with E-state index in [4.69, 9.17) is 0 Å². The molecule has 0 radical (unpaired) electrons. The first-order valence-corrected chi connectivity index (χ1v) is 4.95. The van der Waals surface area contributed by atoms with E-state index in [0.29, 0.717) is 0 Å². The van der Waals surface area contributed by atoms with Crippen molar-refractivity contribution < 1.29 is 0 Å². The van der Waals surface area contributed by atoms with Gasteiger partial charge in [-0.1, -0.05) is 46.0 Å². The molecule has 0 spiro atoms. The van der Waals surface area contributed by atoms with Crippen molar-refractivity contribution in [1.29, 1.82) is 0 Å². The van der Waals surface area contributed by atoms with Crippen LogP contribution in [0.1, 0.15) is 52.4 Å². The maximum Gasteiger partial charge on any atom is -0.0412 e. The standard InChI is InChI=1S/C8H14.C2H6/c1-2-7-4-5-8(3-1)6-7;1-2/h7-8H,1-6H2;1-2H3.